The first kappa shape index (κ1) is 20.2. The van der Waals surface area contributed by atoms with Crippen LogP contribution in [0, 0.1) is 5.92 Å². The number of anilines is 1. The van der Waals surface area contributed by atoms with E-state index in [9.17, 15) is 5.11 Å². The van der Waals surface area contributed by atoms with E-state index in [0.717, 1.165) is 22.4 Å². The number of nitrogens with two attached hydrogens (primary N) is 1. The summed E-state index contributed by atoms with van der Waals surface area (Å²) < 4.78 is 12.6. The molecule has 0 amide bonds. The summed E-state index contributed by atoms with van der Waals surface area (Å²) in [5.74, 6) is 1.62. The Kier molecular flexibility index (Phi) is 7.15. The van der Waals surface area contributed by atoms with E-state index in [2.05, 4.69) is 6.92 Å². The van der Waals surface area contributed by atoms with Crippen molar-refractivity contribution in [3.63, 3.8) is 0 Å². The molecule has 27 heavy (non-hydrogen) atoms. The Bertz CT molecular complexity index is 724. The van der Waals surface area contributed by atoms with Gasteiger partial charge < -0.3 is 25.4 Å². The molecule has 0 aromatic heterocycles. The smallest absolute Gasteiger partial charge is 0.185 e. The molecule has 0 saturated carbocycles. The number of hydrogen-bond acceptors (Lipinski definition) is 6. The van der Waals surface area contributed by atoms with Gasteiger partial charge >= 0.3 is 0 Å². The highest BCUT2D eigenvalue weighted by Gasteiger charge is 2.38. The van der Waals surface area contributed by atoms with Gasteiger partial charge in [-0.1, -0.05) is 43.3 Å². The fraction of sp³-hybridized carbons (Fsp3) is 0.429. The number of benzene rings is 2. The molecule has 5 nitrogen and oxygen atoms in total. The van der Waals surface area contributed by atoms with Gasteiger partial charge in [-0.25, -0.2) is 0 Å². The SMILES string of the molecule is C[C@@H]1[C@H](CSCCO)O[C@H](c2cccc(N)c2)O[C@@H]1c1ccc(CO)cc1. The number of ether oxygens (including phenoxy) is 2. The molecule has 0 unspecified atom stereocenters. The second-order valence-corrected chi connectivity index (χ2v) is 7.94. The maximum atomic E-state index is 9.28. The largest absolute Gasteiger partial charge is 0.399 e. The van der Waals surface area contributed by atoms with E-state index in [4.69, 9.17) is 20.3 Å². The first-order valence-corrected chi connectivity index (χ1v) is 10.3. The Morgan fingerprint density at radius 1 is 1.04 bits per heavy atom. The van der Waals surface area contributed by atoms with Crippen LogP contribution < -0.4 is 5.73 Å². The van der Waals surface area contributed by atoms with Crippen molar-refractivity contribution in [1.82, 2.24) is 0 Å². The Labute approximate surface area is 164 Å². The minimum Gasteiger partial charge on any atom is -0.399 e. The highest BCUT2D eigenvalue weighted by Crippen LogP contribution is 2.42. The van der Waals surface area contributed by atoms with Crippen LogP contribution in [-0.4, -0.2) is 34.4 Å². The van der Waals surface area contributed by atoms with Gasteiger partial charge in [-0.15, -0.1) is 0 Å². The number of hydrogen-bond donors (Lipinski definition) is 3. The predicted molar refractivity (Wildman–Crippen MR) is 108 cm³/mol. The Balaban J connectivity index is 1.85. The van der Waals surface area contributed by atoms with Crippen molar-refractivity contribution < 1.29 is 19.7 Å². The molecule has 2 aromatic carbocycles. The average molecular weight is 390 g/mol. The van der Waals surface area contributed by atoms with Crippen LogP contribution in [0.15, 0.2) is 48.5 Å². The van der Waals surface area contributed by atoms with E-state index in [1.807, 2.05) is 48.5 Å². The van der Waals surface area contributed by atoms with Crippen molar-refractivity contribution in [2.75, 3.05) is 23.8 Å². The summed E-state index contributed by atoms with van der Waals surface area (Å²) in [5.41, 5.74) is 9.45. The number of nitrogen functional groups attached to an aromatic ring is 1. The maximum Gasteiger partial charge on any atom is 0.185 e. The molecular formula is C21H27NO4S. The summed E-state index contributed by atoms with van der Waals surface area (Å²) in [5, 5.41) is 18.4. The van der Waals surface area contributed by atoms with Crippen LogP contribution in [-0.2, 0) is 16.1 Å². The molecule has 146 valence electrons. The zero-order chi connectivity index (χ0) is 19.2. The lowest BCUT2D eigenvalue weighted by atomic mass is 9.91. The summed E-state index contributed by atoms with van der Waals surface area (Å²) >= 11 is 1.68. The van der Waals surface area contributed by atoms with Gasteiger partial charge in [0.1, 0.15) is 0 Å². The fourth-order valence-corrected chi connectivity index (χ4v) is 4.19. The molecule has 1 heterocycles. The lowest BCUT2D eigenvalue weighted by Gasteiger charge is -2.41. The minimum absolute atomic E-state index is 0.00995. The summed E-state index contributed by atoms with van der Waals surface area (Å²) in [6.45, 7) is 2.31. The van der Waals surface area contributed by atoms with Gasteiger partial charge in [0.2, 0.25) is 0 Å². The van der Waals surface area contributed by atoms with Gasteiger partial charge in [-0.05, 0) is 23.3 Å². The molecule has 0 aliphatic carbocycles. The average Bonchev–Trinajstić information content (AvgIpc) is 2.69. The van der Waals surface area contributed by atoms with Gasteiger partial charge in [0.15, 0.2) is 6.29 Å². The molecule has 0 radical (unpaired) electrons. The van der Waals surface area contributed by atoms with Crippen molar-refractivity contribution >= 4 is 17.4 Å². The molecule has 3 rings (SSSR count). The molecule has 1 aliphatic rings. The van der Waals surface area contributed by atoms with E-state index in [1.165, 1.54) is 0 Å². The predicted octanol–water partition coefficient (Wildman–Crippen LogP) is 3.28. The van der Waals surface area contributed by atoms with Gasteiger partial charge in [0.25, 0.3) is 0 Å². The number of rotatable bonds is 7. The molecule has 4 N–H and O–H groups in total. The van der Waals surface area contributed by atoms with Gasteiger partial charge in [0, 0.05) is 28.7 Å². The van der Waals surface area contributed by atoms with Crippen LogP contribution in [0.2, 0.25) is 0 Å². The first-order chi connectivity index (χ1) is 13.1. The molecule has 0 spiro atoms. The molecule has 0 bridgehead atoms. The van der Waals surface area contributed by atoms with Crippen molar-refractivity contribution in [3.8, 4) is 0 Å². The van der Waals surface area contributed by atoms with Gasteiger partial charge in [-0.3, -0.25) is 0 Å². The molecule has 1 fully saturated rings. The van der Waals surface area contributed by atoms with E-state index in [0.29, 0.717) is 11.4 Å². The normalized spacial score (nSPS) is 25.4. The third-order valence-corrected chi connectivity index (χ3v) is 5.86. The number of aliphatic hydroxyl groups excluding tert-OH is 2. The van der Waals surface area contributed by atoms with Gasteiger partial charge in [0.05, 0.1) is 25.4 Å². The third kappa shape index (κ3) is 5.03. The monoisotopic (exact) mass is 389 g/mol. The van der Waals surface area contributed by atoms with Crippen molar-refractivity contribution in [2.45, 2.75) is 32.0 Å². The van der Waals surface area contributed by atoms with Crippen LogP contribution in [0.4, 0.5) is 5.69 Å². The summed E-state index contributed by atoms with van der Waals surface area (Å²) in [7, 11) is 0. The minimum atomic E-state index is -0.494. The molecule has 1 saturated heterocycles. The Hall–Kier alpha value is -1.57. The van der Waals surface area contributed by atoms with Gasteiger partial charge in [-0.2, -0.15) is 11.8 Å². The van der Waals surface area contributed by atoms with Crippen LogP contribution >= 0.6 is 11.8 Å². The fourth-order valence-electron chi connectivity index (χ4n) is 3.28. The summed E-state index contributed by atoms with van der Waals surface area (Å²) in [6.07, 6.45) is -0.631. The van der Waals surface area contributed by atoms with Crippen molar-refractivity contribution in [1.29, 1.82) is 0 Å². The second kappa shape index (κ2) is 9.57. The Morgan fingerprint density at radius 2 is 1.81 bits per heavy atom. The summed E-state index contributed by atoms with van der Waals surface area (Å²) in [6, 6.07) is 15.4. The zero-order valence-corrected chi connectivity index (χ0v) is 16.3. The highest BCUT2D eigenvalue weighted by atomic mass is 32.2. The maximum absolute atomic E-state index is 9.28. The molecule has 6 heteroatoms. The topological polar surface area (TPSA) is 84.9 Å². The third-order valence-electron chi connectivity index (χ3n) is 4.82. The molecular weight excluding hydrogens is 362 g/mol. The van der Waals surface area contributed by atoms with E-state index < -0.39 is 6.29 Å². The second-order valence-electron chi connectivity index (χ2n) is 6.79. The lowest BCUT2D eigenvalue weighted by Crippen LogP contribution is -2.38. The van der Waals surface area contributed by atoms with Crippen LogP contribution in [0.1, 0.15) is 36.0 Å². The Morgan fingerprint density at radius 3 is 2.48 bits per heavy atom. The van der Waals surface area contributed by atoms with Crippen molar-refractivity contribution in [3.05, 3.63) is 65.2 Å². The van der Waals surface area contributed by atoms with Crippen LogP contribution in [0.5, 0.6) is 0 Å². The zero-order valence-electron chi connectivity index (χ0n) is 15.5. The lowest BCUT2D eigenvalue weighted by molar-refractivity contribution is -0.268. The van der Waals surface area contributed by atoms with E-state index in [-0.39, 0.29) is 31.3 Å². The molecule has 4 atom stereocenters. The first-order valence-electron chi connectivity index (χ1n) is 9.17. The molecule has 1 aliphatic heterocycles. The number of thioether (sulfide) groups is 1. The van der Waals surface area contributed by atoms with Crippen LogP contribution in [0.25, 0.3) is 0 Å². The van der Waals surface area contributed by atoms with E-state index in [1.54, 1.807) is 11.8 Å². The van der Waals surface area contributed by atoms with E-state index >= 15 is 0 Å². The summed E-state index contributed by atoms with van der Waals surface area (Å²) in [4.78, 5) is 0. The van der Waals surface area contributed by atoms with Crippen LogP contribution in [0.3, 0.4) is 0 Å². The highest BCUT2D eigenvalue weighted by molar-refractivity contribution is 7.99. The van der Waals surface area contributed by atoms with Crippen molar-refractivity contribution in [2.24, 2.45) is 5.92 Å². The number of aliphatic hydroxyl groups is 2. The standard InChI is InChI=1S/C21H27NO4S/c1-14-19(13-27-10-9-23)25-21(17-3-2-4-18(22)11-17)26-20(14)16-7-5-15(12-24)6-8-16/h2-8,11,14,19-21,23-24H,9-10,12-13,22H2,1H3/t14-,19+,20+,21+/m1/s1. The molecule has 2 aromatic rings. The quantitative estimate of drug-likeness (QED) is 0.498.